The van der Waals surface area contributed by atoms with Gasteiger partial charge < -0.3 is 4.74 Å². The number of para-hydroxylation sites is 1. The van der Waals surface area contributed by atoms with E-state index < -0.39 is 0 Å². The first-order valence-electron chi connectivity index (χ1n) is 11.4. The van der Waals surface area contributed by atoms with Gasteiger partial charge in [0.2, 0.25) is 0 Å². The monoisotopic (exact) mass is 476 g/mol. The van der Waals surface area contributed by atoms with Gasteiger partial charge in [0.25, 0.3) is 5.56 Å². The van der Waals surface area contributed by atoms with E-state index in [4.69, 9.17) is 9.72 Å². The minimum atomic E-state index is 0.0402. The van der Waals surface area contributed by atoms with E-state index in [-0.39, 0.29) is 11.7 Å². The van der Waals surface area contributed by atoms with Crippen molar-refractivity contribution in [2.45, 2.75) is 51.5 Å². The van der Waals surface area contributed by atoms with E-state index in [1.165, 1.54) is 5.56 Å². The number of aryl methyl sites for hydroxylation is 2. The molecule has 4 aromatic rings. The molecule has 2 aromatic heterocycles. The molecule has 6 heteroatoms. The van der Waals surface area contributed by atoms with Crippen LogP contribution in [0.2, 0.25) is 0 Å². The van der Waals surface area contributed by atoms with Crippen LogP contribution < -0.4 is 5.56 Å². The van der Waals surface area contributed by atoms with Crippen LogP contribution in [0, 0.1) is 12.8 Å². The zero-order valence-corrected chi connectivity index (χ0v) is 20.8. The second-order valence-corrected chi connectivity index (χ2v) is 11.0. The van der Waals surface area contributed by atoms with Crippen molar-refractivity contribution in [3.05, 3.63) is 86.5 Å². The maximum absolute atomic E-state index is 14.0. The smallest absolute Gasteiger partial charge is 0.267 e. The van der Waals surface area contributed by atoms with E-state index in [0.29, 0.717) is 12.5 Å². The third-order valence-electron chi connectivity index (χ3n) is 6.28. The molecule has 0 saturated heterocycles. The van der Waals surface area contributed by atoms with E-state index in [0.717, 1.165) is 55.7 Å². The van der Waals surface area contributed by atoms with Crippen molar-refractivity contribution in [3.63, 3.8) is 0 Å². The lowest BCUT2D eigenvalue weighted by molar-refractivity contribution is 0.00200. The summed E-state index contributed by atoms with van der Waals surface area (Å²) in [6.07, 6.45) is 1.84. The first-order chi connectivity index (χ1) is 16.0. The maximum Gasteiger partial charge on any atom is 0.267 e. The van der Waals surface area contributed by atoms with E-state index in [1.807, 2.05) is 28.8 Å². The zero-order valence-electron chi connectivity index (χ0n) is 19.2. The van der Waals surface area contributed by atoms with Gasteiger partial charge in [-0.3, -0.25) is 9.36 Å². The summed E-state index contributed by atoms with van der Waals surface area (Å²) in [5.41, 5.74) is 4.45. The summed E-state index contributed by atoms with van der Waals surface area (Å²) < 4.78 is 7.92. The molecule has 0 aliphatic carbocycles. The van der Waals surface area contributed by atoms with Gasteiger partial charge in [0, 0.05) is 17.1 Å². The molecule has 5 rings (SSSR count). The molecule has 0 amide bonds. The number of hydrogen-bond acceptors (Lipinski definition) is 5. The molecule has 33 heavy (non-hydrogen) atoms. The fraction of sp³-hybridized carbons (Fsp3) is 0.333. The number of hydrogen-bond donors (Lipinski definition) is 0. The highest BCUT2D eigenvalue weighted by molar-refractivity contribution is 7.99. The summed E-state index contributed by atoms with van der Waals surface area (Å²) >= 11 is 3.27. The van der Waals surface area contributed by atoms with Crippen LogP contribution in [0.3, 0.4) is 0 Å². The summed E-state index contributed by atoms with van der Waals surface area (Å²) in [7, 11) is 0. The Morgan fingerprint density at radius 3 is 2.67 bits per heavy atom. The Balaban J connectivity index is 1.61. The van der Waals surface area contributed by atoms with Gasteiger partial charge in [-0.05, 0) is 42.0 Å². The molecule has 1 aliphatic heterocycles. The van der Waals surface area contributed by atoms with Crippen LogP contribution in [0.1, 0.15) is 35.4 Å². The van der Waals surface area contributed by atoms with Crippen LogP contribution in [0.25, 0.3) is 15.9 Å². The number of nitrogens with zero attached hydrogens (tertiary/aromatic N) is 2. The fourth-order valence-corrected chi connectivity index (χ4v) is 6.52. The zero-order chi connectivity index (χ0) is 22.9. The number of aromatic nitrogens is 2. The standard InChI is InChI=1S/C27H28N2O2S2/c1-17(2)22-15-20-23(16-31-22)33-25-24(20)26(30)29(21-12-8-7-9-18(21)3)27(28-25)32-14-13-19-10-5-4-6-11-19/h4-12,17,22H,13-16H2,1-3H3. The molecule has 0 fully saturated rings. The Labute approximate surface area is 202 Å². The Hall–Kier alpha value is -2.41. The van der Waals surface area contributed by atoms with Crippen LogP contribution in [0.15, 0.2) is 64.5 Å². The van der Waals surface area contributed by atoms with Crippen molar-refractivity contribution in [1.82, 2.24) is 9.55 Å². The topological polar surface area (TPSA) is 44.1 Å². The Kier molecular flexibility index (Phi) is 6.41. The first kappa shape index (κ1) is 22.4. The van der Waals surface area contributed by atoms with Gasteiger partial charge in [-0.25, -0.2) is 4.98 Å². The Bertz CT molecular complexity index is 1340. The average molecular weight is 477 g/mol. The third kappa shape index (κ3) is 4.39. The lowest BCUT2D eigenvalue weighted by atomic mass is 9.96. The average Bonchev–Trinajstić information content (AvgIpc) is 3.18. The molecule has 2 aromatic carbocycles. The minimum Gasteiger partial charge on any atom is -0.372 e. The van der Waals surface area contributed by atoms with Crippen LogP contribution >= 0.6 is 23.1 Å². The number of fused-ring (bicyclic) bond motifs is 3. The Morgan fingerprint density at radius 1 is 1.15 bits per heavy atom. The summed E-state index contributed by atoms with van der Waals surface area (Å²) in [5.74, 6) is 1.27. The molecule has 0 N–H and O–H groups in total. The molecule has 170 valence electrons. The van der Waals surface area contributed by atoms with Gasteiger partial charge >= 0.3 is 0 Å². The molecule has 4 nitrogen and oxygen atoms in total. The summed E-state index contributed by atoms with van der Waals surface area (Å²) in [6, 6.07) is 18.5. The van der Waals surface area contributed by atoms with Gasteiger partial charge in [-0.1, -0.05) is 74.1 Å². The van der Waals surface area contributed by atoms with Gasteiger partial charge in [-0.15, -0.1) is 11.3 Å². The molecule has 1 atom stereocenters. The molecule has 0 radical (unpaired) electrons. The second kappa shape index (κ2) is 9.45. The number of thiophene rings is 1. The molecule has 0 spiro atoms. The van der Waals surface area contributed by atoms with E-state index in [9.17, 15) is 4.79 Å². The van der Waals surface area contributed by atoms with E-state index in [2.05, 4.69) is 51.1 Å². The van der Waals surface area contributed by atoms with Crippen LogP contribution in [0.5, 0.6) is 0 Å². The third-order valence-corrected chi connectivity index (χ3v) is 8.32. The summed E-state index contributed by atoms with van der Waals surface area (Å²) in [4.78, 5) is 21.1. The Morgan fingerprint density at radius 2 is 1.91 bits per heavy atom. The first-order valence-corrected chi connectivity index (χ1v) is 13.2. The second-order valence-electron chi connectivity index (χ2n) is 8.89. The highest BCUT2D eigenvalue weighted by atomic mass is 32.2. The van der Waals surface area contributed by atoms with Crippen molar-refractivity contribution in [2.24, 2.45) is 5.92 Å². The maximum atomic E-state index is 14.0. The van der Waals surface area contributed by atoms with Crippen LogP contribution in [0.4, 0.5) is 0 Å². The lowest BCUT2D eigenvalue weighted by Gasteiger charge is -2.26. The predicted octanol–water partition coefficient (Wildman–Crippen LogP) is 6.19. The van der Waals surface area contributed by atoms with Gasteiger partial charge in [-0.2, -0.15) is 0 Å². The minimum absolute atomic E-state index is 0.0402. The number of benzene rings is 2. The van der Waals surface area contributed by atoms with Crippen molar-refractivity contribution in [1.29, 1.82) is 0 Å². The van der Waals surface area contributed by atoms with Gasteiger partial charge in [0.1, 0.15) is 4.83 Å². The number of ether oxygens (including phenoxy) is 1. The van der Waals surface area contributed by atoms with Crippen molar-refractivity contribution in [2.75, 3.05) is 5.75 Å². The SMILES string of the molecule is Cc1ccccc1-n1c(SCCc2ccccc2)nc2sc3c(c2c1=O)CC(C(C)C)OC3. The van der Waals surface area contributed by atoms with Crippen molar-refractivity contribution < 1.29 is 4.74 Å². The number of rotatable bonds is 6. The molecule has 0 saturated carbocycles. The van der Waals surface area contributed by atoms with Gasteiger partial charge in [0.15, 0.2) is 5.16 Å². The molecular weight excluding hydrogens is 448 g/mol. The molecule has 1 aliphatic rings. The molecule has 0 bridgehead atoms. The predicted molar refractivity (Wildman–Crippen MR) is 138 cm³/mol. The largest absolute Gasteiger partial charge is 0.372 e. The van der Waals surface area contributed by atoms with Crippen LogP contribution in [-0.2, 0) is 24.2 Å². The number of thioether (sulfide) groups is 1. The van der Waals surface area contributed by atoms with Crippen molar-refractivity contribution >= 4 is 33.3 Å². The van der Waals surface area contributed by atoms with Gasteiger partial charge in [0.05, 0.1) is 23.8 Å². The summed E-state index contributed by atoms with van der Waals surface area (Å²) in [5, 5.41) is 1.54. The molecular formula is C27H28N2O2S2. The van der Waals surface area contributed by atoms with Crippen LogP contribution in [-0.4, -0.2) is 21.4 Å². The highest BCUT2D eigenvalue weighted by Gasteiger charge is 2.29. The lowest BCUT2D eigenvalue weighted by Crippen LogP contribution is -2.28. The summed E-state index contributed by atoms with van der Waals surface area (Å²) in [6.45, 7) is 6.97. The quantitative estimate of drug-likeness (QED) is 0.246. The van der Waals surface area contributed by atoms with E-state index >= 15 is 0 Å². The fourth-order valence-electron chi connectivity index (χ4n) is 4.36. The molecule has 1 unspecified atom stereocenters. The highest BCUT2D eigenvalue weighted by Crippen LogP contribution is 2.36. The van der Waals surface area contributed by atoms with Crippen molar-refractivity contribution in [3.8, 4) is 5.69 Å². The normalized spacial score (nSPS) is 15.8. The van der Waals surface area contributed by atoms with E-state index in [1.54, 1.807) is 23.1 Å². The molecule has 3 heterocycles.